The van der Waals surface area contributed by atoms with Crippen molar-refractivity contribution in [3.05, 3.63) is 47.0 Å². The van der Waals surface area contributed by atoms with Gasteiger partial charge >= 0.3 is 0 Å². The SMILES string of the molecule is Cc1n[nH]c(C)c1CNC(=O)C1CC(=O)N(Cc2ccccn2)C1. The molecule has 1 atom stereocenters. The zero-order chi connectivity index (χ0) is 17.1. The van der Waals surface area contributed by atoms with Gasteiger partial charge in [-0.15, -0.1) is 0 Å². The Hall–Kier alpha value is -2.70. The molecule has 2 aromatic rings. The second-order valence-corrected chi connectivity index (χ2v) is 6.13. The summed E-state index contributed by atoms with van der Waals surface area (Å²) in [6.07, 6.45) is 1.96. The van der Waals surface area contributed by atoms with Crippen LogP contribution in [0.4, 0.5) is 0 Å². The molecular weight excluding hydrogens is 306 g/mol. The monoisotopic (exact) mass is 327 g/mol. The van der Waals surface area contributed by atoms with Gasteiger partial charge in [-0.1, -0.05) is 6.07 Å². The molecule has 1 aliphatic rings. The summed E-state index contributed by atoms with van der Waals surface area (Å²) in [6, 6.07) is 5.61. The fourth-order valence-electron chi connectivity index (χ4n) is 2.94. The summed E-state index contributed by atoms with van der Waals surface area (Å²) in [5.74, 6) is -0.405. The Morgan fingerprint density at radius 2 is 2.25 bits per heavy atom. The Morgan fingerprint density at radius 3 is 2.92 bits per heavy atom. The number of hydrogen-bond acceptors (Lipinski definition) is 4. The quantitative estimate of drug-likeness (QED) is 0.860. The number of nitrogens with zero attached hydrogens (tertiary/aromatic N) is 3. The highest BCUT2D eigenvalue weighted by Gasteiger charge is 2.34. The first-order chi connectivity index (χ1) is 11.5. The molecule has 0 radical (unpaired) electrons. The van der Waals surface area contributed by atoms with Gasteiger partial charge in [0.05, 0.1) is 23.9 Å². The van der Waals surface area contributed by atoms with E-state index in [-0.39, 0.29) is 24.2 Å². The van der Waals surface area contributed by atoms with Crippen molar-refractivity contribution >= 4 is 11.8 Å². The van der Waals surface area contributed by atoms with Gasteiger partial charge in [0.1, 0.15) is 0 Å². The minimum absolute atomic E-state index is 0.00326. The van der Waals surface area contributed by atoms with Crippen LogP contribution in [0.15, 0.2) is 24.4 Å². The standard InChI is InChI=1S/C17H21N5O2/c1-11-15(12(2)21-20-11)8-19-17(24)13-7-16(23)22(9-13)10-14-5-3-4-6-18-14/h3-6,13H,7-10H2,1-2H3,(H,19,24)(H,20,21). The lowest BCUT2D eigenvalue weighted by molar-refractivity contribution is -0.129. The van der Waals surface area contributed by atoms with Crippen LogP contribution in [0.1, 0.15) is 29.1 Å². The van der Waals surface area contributed by atoms with E-state index in [1.54, 1.807) is 11.1 Å². The third kappa shape index (κ3) is 3.45. The van der Waals surface area contributed by atoms with Crippen LogP contribution >= 0.6 is 0 Å². The fraction of sp³-hybridized carbons (Fsp3) is 0.412. The minimum Gasteiger partial charge on any atom is -0.352 e. The molecule has 7 nitrogen and oxygen atoms in total. The van der Waals surface area contributed by atoms with Crippen LogP contribution < -0.4 is 5.32 Å². The van der Waals surface area contributed by atoms with Crippen LogP contribution in [0.3, 0.4) is 0 Å². The summed E-state index contributed by atoms with van der Waals surface area (Å²) >= 11 is 0. The van der Waals surface area contributed by atoms with Gasteiger partial charge in [-0.25, -0.2) is 0 Å². The molecule has 2 N–H and O–H groups in total. The fourth-order valence-corrected chi connectivity index (χ4v) is 2.94. The van der Waals surface area contributed by atoms with Crippen LogP contribution in [0.5, 0.6) is 0 Å². The van der Waals surface area contributed by atoms with E-state index in [0.717, 1.165) is 22.6 Å². The number of aromatic nitrogens is 3. The number of hydrogen-bond donors (Lipinski definition) is 2. The number of amides is 2. The third-order valence-corrected chi connectivity index (χ3v) is 4.38. The first-order valence-electron chi connectivity index (χ1n) is 8.00. The maximum absolute atomic E-state index is 12.4. The molecule has 2 amide bonds. The lowest BCUT2D eigenvalue weighted by Gasteiger charge is -2.16. The number of likely N-dealkylation sites (tertiary alicyclic amines) is 1. The van der Waals surface area contributed by atoms with Crippen molar-refractivity contribution in [2.75, 3.05) is 6.54 Å². The zero-order valence-corrected chi connectivity index (χ0v) is 13.9. The van der Waals surface area contributed by atoms with Gasteiger partial charge < -0.3 is 10.2 Å². The summed E-state index contributed by atoms with van der Waals surface area (Å²) in [4.78, 5) is 30.4. The molecule has 7 heteroatoms. The molecular formula is C17H21N5O2. The average Bonchev–Trinajstić information content (AvgIpc) is 3.09. The molecule has 0 aliphatic carbocycles. The topological polar surface area (TPSA) is 91.0 Å². The maximum Gasteiger partial charge on any atom is 0.225 e. The van der Waals surface area contributed by atoms with Gasteiger partial charge in [-0.2, -0.15) is 5.10 Å². The molecule has 2 aromatic heterocycles. The molecule has 0 aromatic carbocycles. The van der Waals surface area contributed by atoms with E-state index in [2.05, 4.69) is 20.5 Å². The van der Waals surface area contributed by atoms with Gasteiger partial charge in [-0.3, -0.25) is 19.7 Å². The Kier molecular flexibility index (Phi) is 4.59. The van der Waals surface area contributed by atoms with Crippen molar-refractivity contribution < 1.29 is 9.59 Å². The highest BCUT2D eigenvalue weighted by atomic mass is 16.2. The summed E-state index contributed by atoms with van der Waals surface area (Å²) in [5.41, 5.74) is 3.66. The highest BCUT2D eigenvalue weighted by Crippen LogP contribution is 2.20. The van der Waals surface area contributed by atoms with Crippen LogP contribution in [0.2, 0.25) is 0 Å². The van der Waals surface area contributed by atoms with Crippen molar-refractivity contribution in [3.8, 4) is 0 Å². The van der Waals surface area contributed by atoms with Gasteiger partial charge in [-0.05, 0) is 26.0 Å². The average molecular weight is 327 g/mol. The second kappa shape index (κ2) is 6.82. The van der Waals surface area contributed by atoms with E-state index in [1.807, 2.05) is 32.0 Å². The lowest BCUT2D eigenvalue weighted by atomic mass is 10.1. The Labute approximate surface area is 140 Å². The van der Waals surface area contributed by atoms with Crippen LogP contribution in [0.25, 0.3) is 0 Å². The molecule has 1 saturated heterocycles. The van der Waals surface area contributed by atoms with Gasteiger partial charge in [0.15, 0.2) is 0 Å². The molecule has 126 valence electrons. The predicted molar refractivity (Wildman–Crippen MR) is 87.7 cm³/mol. The number of pyridine rings is 1. The summed E-state index contributed by atoms with van der Waals surface area (Å²) in [7, 11) is 0. The number of nitrogens with one attached hydrogen (secondary N) is 2. The van der Waals surface area contributed by atoms with Crippen LogP contribution in [0, 0.1) is 19.8 Å². The van der Waals surface area contributed by atoms with Crippen molar-refractivity contribution in [1.82, 2.24) is 25.4 Å². The number of carbonyl (C=O) groups is 2. The number of carbonyl (C=O) groups excluding carboxylic acids is 2. The first kappa shape index (κ1) is 16.2. The minimum atomic E-state index is -0.311. The van der Waals surface area contributed by atoms with E-state index in [9.17, 15) is 9.59 Å². The van der Waals surface area contributed by atoms with E-state index in [1.165, 1.54) is 0 Å². The van der Waals surface area contributed by atoms with Crippen LogP contribution in [-0.2, 0) is 22.7 Å². The predicted octanol–water partition coefficient (Wildman–Crippen LogP) is 1.09. The van der Waals surface area contributed by atoms with Crippen molar-refractivity contribution in [2.45, 2.75) is 33.4 Å². The summed E-state index contributed by atoms with van der Waals surface area (Å²) in [6.45, 7) is 5.14. The smallest absolute Gasteiger partial charge is 0.225 e. The first-order valence-corrected chi connectivity index (χ1v) is 8.00. The molecule has 3 heterocycles. The highest BCUT2D eigenvalue weighted by molar-refractivity contribution is 5.89. The number of rotatable bonds is 5. The maximum atomic E-state index is 12.4. The van der Waals surface area contributed by atoms with Crippen molar-refractivity contribution in [2.24, 2.45) is 5.92 Å². The molecule has 1 fully saturated rings. The molecule has 1 unspecified atom stereocenters. The van der Waals surface area contributed by atoms with E-state index >= 15 is 0 Å². The van der Waals surface area contributed by atoms with E-state index in [0.29, 0.717) is 19.6 Å². The molecule has 0 bridgehead atoms. The second-order valence-electron chi connectivity index (χ2n) is 6.13. The largest absolute Gasteiger partial charge is 0.352 e. The molecule has 3 rings (SSSR count). The van der Waals surface area contributed by atoms with Crippen molar-refractivity contribution in [3.63, 3.8) is 0 Å². The van der Waals surface area contributed by atoms with Crippen molar-refractivity contribution in [1.29, 1.82) is 0 Å². The Balaban J connectivity index is 1.56. The lowest BCUT2D eigenvalue weighted by Crippen LogP contribution is -2.32. The molecule has 0 spiro atoms. The number of aryl methyl sites for hydroxylation is 2. The van der Waals surface area contributed by atoms with Gasteiger partial charge in [0.25, 0.3) is 0 Å². The Morgan fingerprint density at radius 1 is 1.42 bits per heavy atom. The number of aromatic amines is 1. The normalized spacial score (nSPS) is 17.3. The van der Waals surface area contributed by atoms with Gasteiger partial charge in [0, 0.05) is 37.0 Å². The van der Waals surface area contributed by atoms with E-state index in [4.69, 9.17) is 0 Å². The summed E-state index contributed by atoms with van der Waals surface area (Å²) in [5, 5.41) is 9.94. The van der Waals surface area contributed by atoms with Crippen LogP contribution in [-0.4, -0.2) is 38.4 Å². The summed E-state index contributed by atoms with van der Waals surface area (Å²) < 4.78 is 0. The zero-order valence-electron chi connectivity index (χ0n) is 13.9. The Bertz CT molecular complexity index is 721. The molecule has 1 aliphatic heterocycles. The van der Waals surface area contributed by atoms with E-state index < -0.39 is 0 Å². The third-order valence-electron chi connectivity index (χ3n) is 4.38. The van der Waals surface area contributed by atoms with Gasteiger partial charge in [0.2, 0.25) is 11.8 Å². The molecule has 0 saturated carbocycles. The molecule has 24 heavy (non-hydrogen) atoms. The number of H-pyrrole nitrogens is 1.